The molecule has 1 rings (SSSR count). The molecule has 2 amide bonds. The highest BCUT2D eigenvalue weighted by atomic mass is 127. The predicted molar refractivity (Wildman–Crippen MR) is 60.5 cm³/mol. The molecule has 0 spiro atoms. The summed E-state index contributed by atoms with van der Waals surface area (Å²) >= 11 is 7.97. The van der Waals surface area contributed by atoms with E-state index in [9.17, 15) is 4.79 Å². The number of hydrazine groups is 1. The highest BCUT2D eigenvalue weighted by molar-refractivity contribution is 14.1. The normalized spacial score (nSPS) is 9.46. The molecule has 0 bridgehead atoms. The fourth-order valence-corrected chi connectivity index (χ4v) is 1.65. The van der Waals surface area contributed by atoms with Crippen LogP contribution in [0.25, 0.3) is 0 Å². The maximum Gasteiger partial charge on any atom is 0.333 e. The zero-order valence-corrected chi connectivity index (χ0v) is 9.39. The number of amides is 2. The van der Waals surface area contributed by atoms with Crippen LogP contribution in [-0.4, -0.2) is 6.03 Å². The number of nitrogens with two attached hydrogens (primary N) is 1. The lowest BCUT2D eigenvalue weighted by Crippen LogP contribution is -2.34. The van der Waals surface area contributed by atoms with Crippen LogP contribution in [0.3, 0.4) is 0 Å². The second-order valence-electron chi connectivity index (χ2n) is 2.22. The average Bonchev–Trinajstić information content (AvgIpc) is 2.09. The van der Waals surface area contributed by atoms with E-state index in [-0.39, 0.29) is 0 Å². The van der Waals surface area contributed by atoms with Crippen LogP contribution < -0.4 is 16.6 Å². The number of rotatable bonds is 1. The number of halogens is 2. The fraction of sp³-hybridized carbons (Fsp3) is 0. The molecule has 0 saturated heterocycles. The molecule has 4 N–H and O–H groups in total. The van der Waals surface area contributed by atoms with Gasteiger partial charge in [-0.25, -0.2) is 10.6 Å². The lowest BCUT2D eigenvalue weighted by Gasteiger charge is -2.05. The first kappa shape index (κ1) is 10.6. The Balaban J connectivity index is 2.83. The molecule has 4 nitrogen and oxygen atoms in total. The minimum atomic E-state index is -0.497. The van der Waals surface area contributed by atoms with Crippen LogP contribution in [0.5, 0.6) is 0 Å². The third-order valence-corrected chi connectivity index (χ3v) is 2.29. The van der Waals surface area contributed by atoms with Crippen LogP contribution in [0.15, 0.2) is 18.2 Å². The highest BCUT2D eigenvalue weighted by Crippen LogP contribution is 2.23. The molecule has 0 aromatic heterocycles. The summed E-state index contributed by atoms with van der Waals surface area (Å²) in [6.07, 6.45) is 0. The van der Waals surface area contributed by atoms with E-state index in [0.29, 0.717) is 10.7 Å². The van der Waals surface area contributed by atoms with Gasteiger partial charge in [0.1, 0.15) is 0 Å². The minimum Gasteiger partial charge on any atom is -0.305 e. The minimum absolute atomic E-state index is 0.482. The zero-order chi connectivity index (χ0) is 9.84. The van der Waals surface area contributed by atoms with Crippen LogP contribution in [0.1, 0.15) is 0 Å². The van der Waals surface area contributed by atoms with Gasteiger partial charge in [0.25, 0.3) is 0 Å². The largest absolute Gasteiger partial charge is 0.333 e. The number of nitrogens with one attached hydrogen (secondary N) is 2. The Kier molecular flexibility index (Phi) is 3.76. The van der Waals surface area contributed by atoms with E-state index in [2.05, 4.69) is 27.9 Å². The molecule has 0 saturated carbocycles. The van der Waals surface area contributed by atoms with Crippen LogP contribution in [0.2, 0.25) is 5.02 Å². The summed E-state index contributed by atoms with van der Waals surface area (Å²) in [4.78, 5) is 10.8. The van der Waals surface area contributed by atoms with Crippen molar-refractivity contribution in [1.82, 2.24) is 5.43 Å². The van der Waals surface area contributed by atoms with E-state index in [1.807, 2.05) is 11.5 Å². The van der Waals surface area contributed by atoms with Gasteiger partial charge >= 0.3 is 6.03 Å². The Hall–Kier alpha value is -0.530. The van der Waals surface area contributed by atoms with Crippen molar-refractivity contribution >= 4 is 45.9 Å². The molecule has 0 aliphatic carbocycles. The van der Waals surface area contributed by atoms with Gasteiger partial charge in [-0.05, 0) is 40.8 Å². The van der Waals surface area contributed by atoms with Crippen molar-refractivity contribution in [3.05, 3.63) is 26.8 Å². The molecule has 0 heterocycles. The lowest BCUT2D eigenvalue weighted by molar-refractivity contribution is 0.252. The molecule has 0 aliphatic heterocycles. The topological polar surface area (TPSA) is 67.1 Å². The zero-order valence-electron chi connectivity index (χ0n) is 6.47. The Morgan fingerprint density at radius 2 is 2.23 bits per heavy atom. The summed E-state index contributed by atoms with van der Waals surface area (Å²) < 4.78 is 1.00. The van der Waals surface area contributed by atoms with E-state index in [4.69, 9.17) is 17.4 Å². The van der Waals surface area contributed by atoms with Crippen molar-refractivity contribution in [2.24, 2.45) is 5.84 Å². The monoisotopic (exact) mass is 311 g/mol. The second kappa shape index (κ2) is 4.64. The molecule has 70 valence electrons. The third kappa shape index (κ3) is 3.02. The molecule has 0 aliphatic rings. The molecular weight excluding hydrogens is 304 g/mol. The van der Waals surface area contributed by atoms with Crippen LogP contribution in [0.4, 0.5) is 10.5 Å². The Bertz CT molecular complexity index is 332. The fourth-order valence-electron chi connectivity index (χ4n) is 0.749. The molecule has 0 radical (unpaired) electrons. The van der Waals surface area contributed by atoms with Gasteiger partial charge in [0.05, 0.1) is 10.7 Å². The molecule has 1 aromatic carbocycles. The predicted octanol–water partition coefficient (Wildman–Crippen LogP) is 1.94. The van der Waals surface area contributed by atoms with Gasteiger partial charge in [0, 0.05) is 3.57 Å². The molecule has 0 unspecified atom stereocenters. The first-order valence-electron chi connectivity index (χ1n) is 3.36. The maximum atomic E-state index is 10.8. The molecule has 0 atom stereocenters. The van der Waals surface area contributed by atoms with E-state index < -0.39 is 6.03 Å². The van der Waals surface area contributed by atoms with Gasteiger partial charge in [-0.15, -0.1) is 0 Å². The summed E-state index contributed by atoms with van der Waals surface area (Å²) in [5.74, 6) is 4.89. The molecule has 1 aromatic rings. The lowest BCUT2D eigenvalue weighted by atomic mass is 10.3. The van der Waals surface area contributed by atoms with Gasteiger partial charge in [0.15, 0.2) is 0 Å². The third-order valence-electron chi connectivity index (χ3n) is 1.31. The quantitative estimate of drug-likeness (QED) is 0.321. The van der Waals surface area contributed by atoms with Gasteiger partial charge in [-0.1, -0.05) is 11.6 Å². The Morgan fingerprint density at radius 1 is 1.54 bits per heavy atom. The van der Waals surface area contributed by atoms with E-state index in [1.54, 1.807) is 12.1 Å². The van der Waals surface area contributed by atoms with Crippen molar-refractivity contribution in [3.8, 4) is 0 Å². The van der Waals surface area contributed by atoms with Crippen molar-refractivity contribution in [2.75, 3.05) is 5.32 Å². The van der Waals surface area contributed by atoms with Crippen molar-refractivity contribution < 1.29 is 4.79 Å². The summed E-state index contributed by atoms with van der Waals surface area (Å²) in [5, 5.41) is 2.96. The number of carbonyl (C=O) groups is 1. The average molecular weight is 312 g/mol. The van der Waals surface area contributed by atoms with Crippen molar-refractivity contribution in [1.29, 1.82) is 0 Å². The first-order chi connectivity index (χ1) is 6.13. The van der Waals surface area contributed by atoms with Crippen molar-refractivity contribution in [2.45, 2.75) is 0 Å². The summed E-state index contributed by atoms with van der Waals surface area (Å²) in [7, 11) is 0. The van der Waals surface area contributed by atoms with Gasteiger partial charge in [-0.3, -0.25) is 5.43 Å². The smallest absolute Gasteiger partial charge is 0.305 e. The first-order valence-corrected chi connectivity index (χ1v) is 4.82. The van der Waals surface area contributed by atoms with Crippen LogP contribution in [0, 0.1) is 3.57 Å². The van der Waals surface area contributed by atoms with Crippen molar-refractivity contribution in [3.63, 3.8) is 0 Å². The van der Waals surface area contributed by atoms with E-state index in [1.165, 1.54) is 0 Å². The molecular formula is C7H7ClIN3O. The van der Waals surface area contributed by atoms with Crippen LogP contribution in [-0.2, 0) is 0 Å². The number of urea groups is 1. The summed E-state index contributed by atoms with van der Waals surface area (Å²) in [6, 6.07) is 4.79. The molecule has 6 heteroatoms. The molecule has 13 heavy (non-hydrogen) atoms. The number of hydrogen-bond acceptors (Lipinski definition) is 2. The number of hydrogen-bond donors (Lipinski definition) is 3. The van der Waals surface area contributed by atoms with Gasteiger partial charge in [0.2, 0.25) is 0 Å². The van der Waals surface area contributed by atoms with Gasteiger partial charge < -0.3 is 5.32 Å². The summed E-state index contributed by atoms with van der Waals surface area (Å²) in [5.41, 5.74) is 2.48. The Morgan fingerprint density at radius 3 is 2.77 bits per heavy atom. The SMILES string of the molecule is NNC(=O)Nc1ccc(I)cc1Cl. The number of carbonyl (C=O) groups excluding carboxylic acids is 1. The van der Waals surface area contributed by atoms with Crippen LogP contribution >= 0.6 is 34.2 Å². The highest BCUT2D eigenvalue weighted by Gasteiger charge is 2.03. The summed E-state index contributed by atoms with van der Waals surface area (Å²) in [6.45, 7) is 0. The maximum absolute atomic E-state index is 10.8. The van der Waals surface area contributed by atoms with Gasteiger partial charge in [-0.2, -0.15) is 0 Å². The standard InChI is InChI=1S/C7H7ClIN3O/c8-5-3-4(9)1-2-6(5)11-7(13)12-10/h1-3H,10H2,(H2,11,12,13). The Labute approximate surface area is 93.9 Å². The number of anilines is 1. The second-order valence-corrected chi connectivity index (χ2v) is 3.88. The van der Waals surface area contributed by atoms with E-state index in [0.717, 1.165) is 3.57 Å². The number of benzene rings is 1. The van der Waals surface area contributed by atoms with E-state index >= 15 is 0 Å². The molecule has 0 fully saturated rings.